The van der Waals surface area contributed by atoms with Crippen molar-refractivity contribution in [2.75, 3.05) is 42.3 Å². The van der Waals surface area contributed by atoms with E-state index in [4.69, 9.17) is 21.3 Å². The molecule has 10 heteroatoms. The average molecular weight is 478 g/mol. The van der Waals surface area contributed by atoms with Crippen LogP contribution < -0.4 is 10.2 Å². The number of amides is 1. The number of carbonyl (C=O) groups excluding carboxylic acids is 1. The largest absolute Gasteiger partial charge is 0.378 e. The molecule has 0 atom stereocenters. The molecule has 0 aliphatic carbocycles. The van der Waals surface area contributed by atoms with Crippen LogP contribution in [0.2, 0.25) is 5.02 Å². The first kappa shape index (κ1) is 21.8. The summed E-state index contributed by atoms with van der Waals surface area (Å²) >= 11 is 7.37. The summed E-state index contributed by atoms with van der Waals surface area (Å²) in [7, 11) is -3.75. The normalized spacial score (nSPS) is 14.4. The number of hydrogen-bond donors (Lipinski definition) is 1. The van der Waals surface area contributed by atoms with Crippen molar-refractivity contribution < 1.29 is 17.9 Å². The number of aromatic nitrogens is 1. The van der Waals surface area contributed by atoms with Gasteiger partial charge in [0, 0.05) is 34.7 Å². The molecule has 1 fully saturated rings. The molecule has 1 aromatic heterocycles. The van der Waals surface area contributed by atoms with E-state index >= 15 is 0 Å². The number of benzene rings is 2. The number of thiazole rings is 1. The molecule has 3 aromatic rings. The van der Waals surface area contributed by atoms with Crippen molar-refractivity contribution in [3.8, 4) is 11.3 Å². The number of rotatable bonds is 6. The Labute approximate surface area is 189 Å². The average Bonchev–Trinajstić information content (AvgIpc) is 3.25. The second-order valence-electron chi connectivity index (χ2n) is 6.95. The fraction of sp³-hybridized carbons (Fsp3) is 0.238. The number of ether oxygens (including phenoxy) is 1. The Hall–Kier alpha value is -2.46. The molecule has 0 spiro atoms. The second-order valence-corrected chi connectivity index (χ2v) is 10.2. The van der Waals surface area contributed by atoms with Crippen LogP contribution in [0.5, 0.6) is 0 Å². The van der Waals surface area contributed by atoms with E-state index in [9.17, 15) is 13.2 Å². The molecule has 0 unspecified atom stereocenters. The van der Waals surface area contributed by atoms with E-state index in [1.807, 2.05) is 17.5 Å². The van der Waals surface area contributed by atoms with Crippen LogP contribution in [-0.2, 0) is 19.4 Å². The summed E-state index contributed by atoms with van der Waals surface area (Å²) in [6.07, 6.45) is 0. The fourth-order valence-electron chi connectivity index (χ4n) is 3.12. The minimum atomic E-state index is -3.75. The van der Waals surface area contributed by atoms with E-state index in [2.05, 4.69) is 10.2 Å². The molecule has 2 heterocycles. The van der Waals surface area contributed by atoms with Gasteiger partial charge in [-0.25, -0.2) is 13.4 Å². The van der Waals surface area contributed by atoms with Crippen molar-refractivity contribution in [3.05, 3.63) is 58.9 Å². The molecule has 0 saturated carbocycles. The monoisotopic (exact) mass is 477 g/mol. The maximum atomic E-state index is 12.4. The summed E-state index contributed by atoms with van der Waals surface area (Å²) in [4.78, 5) is 19.2. The first-order chi connectivity index (χ1) is 14.9. The van der Waals surface area contributed by atoms with E-state index in [0.29, 0.717) is 23.9 Å². The van der Waals surface area contributed by atoms with Crippen LogP contribution in [0.3, 0.4) is 0 Å². The van der Waals surface area contributed by atoms with Crippen molar-refractivity contribution in [2.24, 2.45) is 0 Å². The predicted molar refractivity (Wildman–Crippen MR) is 123 cm³/mol. The summed E-state index contributed by atoms with van der Waals surface area (Å²) < 4.78 is 30.2. The Morgan fingerprint density at radius 2 is 1.77 bits per heavy atom. The highest BCUT2D eigenvalue weighted by Gasteiger charge is 2.20. The third-order valence-corrected chi connectivity index (χ3v) is 7.52. The molecule has 2 aromatic carbocycles. The van der Waals surface area contributed by atoms with Gasteiger partial charge >= 0.3 is 0 Å². The molecule has 1 saturated heterocycles. The van der Waals surface area contributed by atoms with E-state index in [0.717, 1.165) is 29.5 Å². The third-order valence-electron chi connectivity index (χ3n) is 4.73. The van der Waals surface area contributed by atoms with Crippen molar-refractivity contribution >= 4 is 49.5 Å². The van der Waals surface area contributed by atoms with E-state index in [1.165, 1.54) is 24.3 Å². The number of carbonyl (C=O) groups is 1. The van der Waals surface area contributed by atoms with E-state index < -0.39 is 21.5 Å². The Morgan fingerprint density at radius 1 is 1.10 bits per heavy atom. The van der Waals surface area contributed by atoms with Crippen molar-refractivity contribution in [3.63, 3.8) is 0 Å². The highest BCUT2D eigenvalue weighted by Crippen LogP contribution is 2.28. The summed E-state index contributed by atoms with van der Waals surface area (Å²) in [6.45, 7) is 3.07. The maximum absolute atomic E-state index is 12.4. The van der Waals surface area contributed by atoms with Gasteiger partial charge in [0.2, 0.25) is 5.91 Å². The van der Waals surface area contributed by atoms with Gasteiger partial charge in [-0.3, -0.25) is 4.79 Å². The van der Waals surface area contributed by atoms with Crippen molar-refractivity contribution in [2.45, 2.75) is 4.90 Å². The molecule has 162 valence electrons. The summed E-state index contributed by atoms with van der Waals surface area (Å²) in [6, 6.07) is 12.9. The van der Waals surface area contributed by atoms with Gasteiger partial charge in [0.15, 0.2) is 15.0 Å². The molecule has 1 N–H and O–H groups in total. The molecule has 0 radical (unpaired) electrons. The van der Waals surface area contributed by atoms with Crippen LogP contribution in [0.4, 0.5) is 10.8 Å². The molecule has 1 aliphatic heterocycles. The molecule has 7 nitrogen and oxygen atoms in total. The van der Waals surface area contributed by atoms with Gasteiger partial charge in [0.25, 0.3) is 0 Å². The quantitative estimate of drug-likeness (QED) is 0.582. The zero-order chi connectivity index (χ0) is 21.8. The number of anilines is 2. The zero-order valence-electron chi connectivity index (χ0n) is 16.5. The Morgan fingerprint density at radius 3 is 2.45 bits per heavy atom. The number of hydrogen-bond acceptors (Lipinski definition) is 7. The van der Waals surface area contributed by atoms with Crippen LogP contribution >= 0.6 is 22.9 Å². The molecular weight excluding hydrogens is 458 g/mol. The predicted octanol–water partition coefficient (Wildman–Crippen LogP) is 3.71. The Kier molecular flexibility index (Phi) is 6.57. The third kappa shape index (κ3) is 5.43. The van der Waals surface area contributed by atoms with Crippen LogP contribution in [0.25, 0.3) is 11.3 Å². The number of morpholine rings is 1. The minimum Gasteiger partial charge on any atom is -0.378 e. The van der Waals surface area contributed by atoms with E-state index in [1.54, 1.807) is 23.5 Å². The van der Waals surface area contributed by atoms with Crippen LogP contribution in [-0.4, -0.2) is 51.4 Å². The van der Waals surface area contributed by atoms with Crippen LogP contribution in [0, 0.1) is 0 Å². The molecule has 0 bridgehead atoms. The van der Waals surface area contributed by atoms with Gasteiger partial charge in [-0.15, -0.1) is 11.3 Å². The molecule has 4 rings (SSSR count). The van der Waals surface area contributed by atoms with Crippen LogP contribution in [0.15, 0.2) is 58.8 Å². The fourth-order valence-corrected chi connectivity index (χ4v) is 5.27. The summed E-state index contributed by atoms with van der Waals surface area (Å²) in [5, 5.41) is 6.02. The van der Waals surface area contributed by atoms with Gasteiger partial charge in [-0.2, -0.15) is 0 Å². The first-order valence-corrected chi connectivity index (χ1v) is 12.5. The smallest absolute Gasteiger partial charge is 0.239 e. The lowest BCUT2D eigenvalue weighted by molar-refractivity contribution is -0.113. The van der Waals surface area contributed by atoms with Gasteiger partial charge in [-0.05, 0) is 36.4 Å². The summed E-state index contributed by atoms with van der Waals surface area (Å²) in [5.74, 6) is -1.25. The van der Waals surface area contributed by atoms with Crippen molar-refractivity contribution in [1.29, 1.82) is 0 Å². The highest BCUT2D eigenvalue weighted by atomic mass is 35.5. The lowest BCUT2D eigenvalue weighted by Crippen LogP contribution is -2.36. The Balaban J connectivity index is 1.39. The maximum Gasteiger partial charge on any atom is 0.239 e. The van der Waals surface area contributed by atoms with Gasteiger partial charge in [0.1, 0.15) is 5.75 Å². The van der Waals surface area contributed by atoms with Gasteiger partial charge < -0.3 is 15.0 Å². The number of halogens is 1. The standard InChI is InChI=1S/C21H20ClN3O4S2/c22-16-3-7-18(8-4-16)31(27,28)14-20(26)23-17-5-1-15(2-6-17)19-13-30-21(24-19)25-9-11-29-12-10-25/h1-8,13H,9-12,14H2,(H,23,26). The first-order valence-electron chi connectivity index (χ1n) is 9.57. The second kappa shape index (κ2) is 9.35. The van der Waals surface area contributed by atoms with Gasteiger partial charge in [0.05, 0.1) is 23.8 Å². The lowest BCUT2D eigenvalue weighted by Gasteiger charge is -2.26. The SMILES string of the molecule is O=C(CS(=O)(=O)c1ccc(Cl)cc1)Nc1ccc(-c2csc(N3CCOCC3)n2)cc1. The summed E-state index contributed by atoms with van der Waals surface area (Å²) in [5.41, 5.74) is 2.29. The molecule has 1 aliphatic rings. The van der Waals surface area contributed by atoms with E-state index in [-0.39, 0.29) is 4.90 Å². The molecular formula is C21H20ClN3O4S2. The Bertz CT molecular complexity index is 1160. The topological polar surface area (TPSA) is 88.6 Å². The number of sulfone groups is 1. The van der Waals surface area contributed by atoms with Gasteiger partial charge in [-0.1, -0.05) is 23.7 Å². The number of nitrogens with zero attached hydrogens (tertiary/aromatic N) is 2. The number of nitrogens with one attached hydrogen (secondary N) is 1. The lowest BCUT2D eigenvalue weighted by atomic mass is 10.1. The molecule has 1 amide bonds. The molecule has 31 heavy (non-hydrogen) atoms. The van der Waals surface area contributed by atoms with Crippen molar-refractivity contribution in [1.82, 2.24) is 4.98 Å². The zero-order valence-corrected chi connectivity index (χ0v) is 18.8. The minimum absolute atomic E-state index is 0.0574. The van der Waals surface area contributed by atoms with Crippen LogP contribution in [0.1, 0.15) is 0 Å². The highest BCUT2D eigenvalue weighted by molar-refractivity contribution is 7.92.